The molecule has 0 aromatic heterocycles. The second-order valence-electron chi connectivity index (χ2n) is 4.12. The van der Waals surface area contributed by atoms with Crippen molar-refractivity contribution in [2.24, 2.45) is 0 Å². The molecule has 2 rings (SSSR count). The summed E-state index contributed by atoms with van der Waals surface area (Å²) in [6.07, 6.45) is 0. The number of hydrogen-bond acceptors (Lipinski definition) is 2. The maximum absolute atomic E-state index is 13.3. The molecule has 110 valence electrons. The SMILES string of the molecule is Cl.Cl.FC[C@H](c1ccc(Cl)cc1Br)N1CCNCC1. The molecule has 0 amide bonds. The summed E-state index contributed by atoms with van der Waals surface area (Å²) in [5.41, 5.74) is 0.971. The van der Waals surface area contributed by atoms with E-state index in [1.54, 1.807) is 0 Å². The van der Waals surface area contributed by atoms with Crippen molar-refractivity contribution in [1.29, 1.82) is 0 Å². The van der Waals surface area contributed by atoms with Gasteiger partial charge in [-0.05, 0) is 17.7 Å². The van der Waals surface area contributed by atoms with Crippen LogP contribution in [0.15, 0.2) is 22.7 Å². The third-order valence-corrected chi connectivity index (χ3v) is 3.98. The first-order chi connectivity index (χ1) is 8.22. The molecular formula is C12H17BrCl3FN2. The van der Waals surface area contributed by atoms with Crippen LogP contribution >= 0.6 is 52.3 Å². The fraction of sp³-hybridized carbons (Fsp3) is 0.500. The zero-order chi connectivity index (χ0) is 12.3. The monoisotopic (exact) mass is 392 g/mol. The van der Waals surface area contributed by atoms with Gasteiger partial charge in [-0.25, -0.2) is 4.39 Å². The van der Waals surface area contributed by atoms with Crippen LogP contribution in [0.25, 0.3) is 0 Å². The van der Waals surface area contributed by atoms with Crippen LogP contribution in [0.1, 0.15) is 11.6 Å². The van der Waals surface area contributed by atoms with Crippen molar-refractivity contribution in [3.63, 3.8) is 0 Å². The summed E-state index contributed by atoms with van der Waals surface area (Å²) in [4.78, 5) is 2.17. The van der Waals surface area contributed by atoms with E-state index in [1.807, 2.05) is 18.2 Å². The summed E-state index contributed by atoms with van der Waals surface area (Å²) in [7, 11) is 0. The highest BCUT2D eigenvalue weighted by Gasteiger charge is 2.23. The molecule has 2 nitrogen and oxygen atoms in total. The highest BCUT2D eigenvalue weighted by Crippen LogP contribution is 2.30. The van der Waals surface area contributed by atoms with Crippen LogP contribution in [0.3, 0.4) is 0 Å². The average molecular weight is 395 g/mol. The Hall–Kier alpha value is 0.420. The summed E-state index contributed by atoms with van der Waals surface area (Å²) in [6.45, 7) is 3.22. The summed E-state index contributed by atoms with van der Waals surface area (Å²) in [6, 6.07) is 5.36. The molecular weight excluding hydrogens is 377 g/mol. The maximum atomic E-state index is 13.3. The maximum Gasteiger partial charge on any atom is 0.109 e. The molecule has 7 heteroatoms. The van der Waals surface area contributed by atoms with E-state index >= 15 is 0 Å². The van der Waals surface area contributed by atoms with Crippen LogP contribution in [0.4, 0.5) is 4.39 Å². The Kier molecular flexibility index (Phi) is 9.58. The fourth-order valence-electron chi connectivity index (χ4n) is 2.14. The number of benzene rings is 1. The minimum Gasteiger partial charge on any atom is -0.314 e. The zero-order valence-corrected chi connectivity index (χ0v) is 14.2. The first kappa shape index (κ1) is 19.4. The number of hydrogen-bond donors (Lipinski definition) is 1. The Morgan fingerprint density at radius 1 is 1.32 bits per heavy atom. The van der Waals surface area contributed by atoms with Gasteiger partial charge in [-0.15, -0.1) is 24.8 Å². The largest absolute Gasteiger partial charge is 0.314 e. The van der Waals surface area contributed by atoms with Crippen molar-refractivity contribution in [2.45, 2.75) is 6.04 Å². The second-order valence-corrected chi connectivity index (χ2v) is 5.41. The Labute approximate surface area is 139 Å². The van der Waals surface area contributed by atoms with E-state index in [-0.39, 0.29) is 37.5 Å². The van der Waals surface area contributed by atoms with Crippen LogP contribution in [0.2, 0.25) is 5.02 Å². The van der Waals surface area contributed by atoms with Gasteiger partial charge in [0, 0.05) is 35.7 Å². The summed E-state index contributed by atoms with van der Waals surface area (Å²) in [5, 5.41) is 3.94. The standard InChI is InChI=1S/C12H15BrClFN2.2ClH/c13-11-7-9(14)1-2-10(11)12(8-15)17-5-3-16-4-6-17;;/h1-2,7,12,16H,3-6,8H2;2*1H/t12-;;/m1../s1. The van der Waals surface area contributed by atoms with E-state index in [0.717, 1.165) is 36.2 Å². The molecule has 1 aromatic rings. The molecule has 1 N–H and O–H groups in total. The number of halogens is 5. The summed E-state index contributed by atoms with van der Waals surface area (Å²) >= 11 is 9.37. The minimum absolute atomic E-state index is 0. The molecule has 0 unspecified atom stereocenters. The average Bonchev–Trinajstić information content (AvgIpc) is 2.34. The van der Waals surface area contributed by atoms with Crippen LogP contribution < -0.4 is 5.32 Å². The third-order valence-electron chi connectivity index (χ3n) is 3.06. The molecule has 1 aromatic carbocycles. The van der Waals surface area contributed by atoms with E-state index in [4.69, 9.17) is 11.6 Å². The molecule has 1 fully saturated rings. The van der Waals surface area contributed by atoms with Crippen LogP contribution in [-0.2, 0) is 0 Å². The van der Waals surface area contributed by atoms with Crippen LogP contribution in [0.5, 0.6) is 0 Å². The normalized spacial score (nSPS) is 17.2. The van der Waals surface area contributed by atoms with Crippen molar-refractivity contribution >= 4 is 52.3 Å². The highest BCUT2D eigenvalue weighted by atomic mass is 79.9. The molecule has 0 spiro atoms. The van der Waals surface area contributed by atoms with Crippen molar-refractivity contribution in [1.82, 2.24) is 10.2 Å². The fourth-order valence-corrected chi connectivity index (χ4v) is 3.09. The van der Waals surface area contributed by atoms with Gasteiger partial charge in [0.05, 0.1) is 6.04 Å². The predicted molar refractivity (Wildman–Crippen MR) is 86.8 cm³/mol. The Balaban J connectivity index is 0.00000162. The van der Waals surface area contributed by atoms with Crippen molar-refractivity contribution in [3.8, 4) is 0 Å². The van der Waals surface area contributed by atoms with Crippen LogP contribution in [0, 0.1) is 0 Å². The van der Waals surface area contributed by atoms with E-state index in [1.165, 1.54) is 0 Å². The third kappa shape index (κ3) is 5.03. The minimum atomic E-state index is -0.375. The van der Waals surface area contributed by atoms with Gasteiger partial charge in [0.25, 0.3) is 0 Å². The van der Waals surface area contributed by atoms with E-state index in [0.29, 0.717) is 5.02 Å². The first-order valence-corrected chi connectivity index (χ1v) is 6.85. The topological polar surface area (TPSA) is 15.3 Å². The number of piperazine rings is 1. The van der Waals surface area contributed by atoms with Gasteiger partial charge < -0.3 is 5.32 Å². The lowest BCUT2D eigenvalue weighted by atomic mass is 10.1. The van der Waals surface area contributed by atoms with Gasteiger partial charge in [-0.2, -0.15) is 0 Å². The lowest BCUT2D eigenvalue weighted by molar-refractivity contribution is 0.147. The Morgan fingerprint density at radius 2 is 1.95 bits per heavy atom. The van der Waals surface area contributed by atoms with Crippen molar-refractivity contribution in [2.75, 3.05) is 32.9 Å². The lowest BCUT2D eigenvalue weighted by Crippen LogP contribution is -2.45. The van der Waals surface area contributed by atoms with Gasteiger partial charge in [0.2, 0.25) is 0 Å². The molecule has 1 aliphatic heterocycles. The van der Waals surface area contributed by atoms with Crippen molar-refractivity contribution < 1.29 is 4.39 Å². The predicted octanol–water partition coefficient (Wildman–Crippen LogP) is 3.86. The Bertz CT molecular complexity index is 389. The van der Waals surface area contributed by atoms with E-state index < -0.39 is 0 Å². The Morgan fingerprint density at radius 3 is 2.47 bits per heavy atom. The summed E-state index contributed by atoms with van der Waals surface area (Å²) < 4.78 is 14.2. The molecule has 19 heavy (non-hydrogen) atoms. The number of nitrogens with one attached hydrogen (secondary N) is 1. The van der Waals surface area contributed by atoms with Crippen molar-refractivity contribution in [3.05, 3.63) is 33.3 Å². The molecule has 1 heterocycles. The van der Waals surface area contributed by atoms with Crippen LogP contribution in [-0.4, -0.2) is 37.8 Å². The van der Waals surface area contributed by atoms with Gasteiger partial charge in [0.15, 0.2) is 0 Å². The van der Waals surface area contributed by atoms with Gasteiger partial charge in [-0.3, -0.25) is 4.90 Å². The number of rotatable bonds is 3. The van der Waals surface area contributed by atoms with E-state index in [9.17, 15) is 4.39 Å². The van der Waals surface area contributed by atoms with E-state index in [2.05, 4.69) is 26.1 Å². The molecule has 0 bridgehead atoms. The van der Waals surface area contributed by atoms with Gasteiger partial charge in [-0.1, -0.05) is 33.6 Å². The highest BCUT2D eigenvalue weighted by molar-refractivity contribution is 9.10. The summed E-state index contributed by atoms with van der Waals surface area (Å²) in [5.74, 6) is 0. The zero-order valence-electron chi connectivity index (χ0n) is 10.2. The molecule has 1 saturated heterocycles. The van der Waals surface area contributed by atoms with Gasteiger partial charge in [0.1, 0.15) is 6.67 Å². The molecule has 0 saturated carbocycles. The van der Waals surface area contributed by atoms with Gasteiger partial charge >= 0.3 is 0 Å². The molecule has 0 radical (unpaired) electrons. The number of nitrogens with zero attached hydrogens (tertiary/aromatic N) is 1. The lowest BCUT2D eigenvalue weighted by Gasteiger charge is -2.34. The quantitative estimate of drug-likeness (QED) is 0.837. The number of alkyl halides is 1. The molecule has 1 atom stereocenters. The molecule has 0 aliphatic carbocycles. The first-order valence-electron chi connectivity index (χ1n) is 5.68. The second kappa shape index (κ2) is 9.37. The molecule has 1 aliphatic rings. The smallest absolute Gasteiger partial charge is 0.109 e.